The lowest BCUT2D eigenvalue weighted by molar-refractivity contribution is -0.138. The molecule has 0 aromatic heterocycles. The average molecular weight is 394 g/mol. The van der Waals surface area contributed by atoms with Gasteiger partial charge in [0.05, 0.1) is 18.0 Å². The summed E-state index contributed by atoms with van der Waals surface area (Å²) >= 11 is 0. The van der Waals surface area contributed by atoms with Crippen LogP contribution in [-0.2, 0) is 17.4 Å². The third-order valence-corrected chi connectivity index (χ3v) is 4.31. The molecule has 0 aliphatic carbocycles. The van der Waals surface area contributed by atoms with Crippen molar-refractivity contribution in [2.24, 2.45) is 11.1 Å². The lowest BCUT2D eigenvalue weighted by atomic mass is 9.93. The maximum absolute atomic E-state index is 13.3. The van der Waals surface area contributed by atoms with E-state index in [4.69, 9.17) is 0 Å². The summed E-state index contributed by atoms with van der Waals surface area (Å²) in [7, 11) is 0. The van der Waals surface area contributed by atoms with Crippen molar-refractivity contribution in [2.75, 3.05) is 11.4 Å². The Morgan fingerprint density at radius 1 is 1.11 bits per heavy atom. The number of hydrogen-bond donors (Lipinski definition) is 1. The normalized spacial score (nSPS) is 12.6. The number of carbonyl (C=O) groups excluding carboxylic acids is 1. The molecule has 2 aromatic rings. The third-order valence-electron chi connectivity index (χ3n) is 4.31. The molecule has 0 aliphatic rings. The van der Waals surface area contributed by atoms with Crippen LogP contribution in [0.3, 0.4) is 0 Å². The molecule has 0 radical (unpaired) electrons. The van der Waals surface area contributed by atoms with Crippen LogP contribution in [0.2, 0.25) is 0 Å². The first kappa shape index (κ1) is 21.4. The minimum absolute atomic E-state index is 0.0186. The van der Waals surface area contributed by atoms with Crippen LogP contribution in [0.5, 0.6) is 5.75 Å². The number of anilines is 1. The first-order valence-electron chi connectivity index (χ1n) is 8.71. The van der Waals surface area contributed by atoms with Gasteiger partial charge in [0, 0.05) is 11.7 Å². The number of carbonyl (C=O) groups is 1. The van der Waals surface area contributed by atoms with E-state index in [0.717, 1.165) is 6.07 Å². The number of halogens is 3. The summed E-state index contributed by atoms with van der Waals surface area (Å²) in [6, 6.07) is 10.5. The van der Waals surface area contributed by atoms with Crippen LogP contribution >= 0.6 is 0 Å². The van der Waals surface area contributed by atoms with Crippen molar-refractivity contribution in [3.8, 4) is 5.75 Å². The predicted octanol–water partition coefficient (Wildman–Crippen LogP) is 4.78. The fourth-order valence-corrected chi connectivity index (χ4v) is 3.05. The SMILES string of the molecule is CC(C)N(C(=O)C(CN=O)Cc1ccccc1C(F)(F)F)c1ccc(O)cc1. The second kappa shape index (κ2) is 8.86. The van der Waals surface area contributed by atoms with Gasteiger partial charge in [0.2, 0.25) is 5.91 Å². The van der Waals surface area contributed by atoms with Gasteiger partial charge in [0.1, 0.15) is 5.75 Å². The number of hydrogen-bond acceptors (Lipinski definition) is 4. The largest absolute Gasteiger partial charge is 0.508 e. The second-order valence-corrected chi connectivity index (χ2v) is 6.69. The Hall–Kier alpha value is -2.90. The van der Waals surface area contributed by atoms with Crippen LogP contribution in [0.4, 0.5) is 18.9 Å². The molecule has 1 unspecified atom stereocenters. The van der Waals surface area contributed by atoms with Gasteiger partial charge in [-0.25, -0.2) is 0 Å². The number of nitrogens with zero attached hydrogens (tertiary/aromatic N) is 2. The topological polar surface area (TPSA) is 70.0 Å². The van der Waals surface area contributed by atoms with Crippen LogP contribution < -0.4 is 4.90 Å². The summed E-state index contributed by atoms with van der Waals surface area (Å²) in [4.78, 5) is 25.4. The number of aromatic hydroxyl groups is 1. The Bertz CT molecular complexity index is 820. The van der Waals surface area contributed by atoms with Crippen LogP contribution in [0.25, 0.3) is 0 Å². The predicted molar refractivity (Wildman–Crippen MR) is 100 cm³/mol. The molecular formula is C20H21F3N2O3. The van der Waals surface area contributed by atoms with Crippen molar-refractivity contribution >= 4 is 11.6 Å². The van der Waals surface area contributed by atoms with E-state index in [9.17, 15) is 28.0 Å². The van der Waals surface area contributed by atoms with Crippen molar-refractivity contribution in [3.05, 3.63) is 64.6 Å². The zero-order valence-electron chi connectivity index (χ0n) is 15.5. The van der Waals surface area contributed by atoms with Crippen molar-refractivity contribution in [2.45, 2.75) is 32.5 Å². The van der Waals surface area contributed by atoms with Crippen LogP contribution in [0.15, 0.2) is 53.7 Å². The quantitative estimate of drug-likeness (QED) is 0.687. The molecule has 1 amide bonds. The Morgan fingerprint density at radius 2 is 1.71 bits per heavy atom. The monoisotopic (exact) mass is 394 g/mol. The molecule has 1 atom stereocenters. The highest BCUT2D eigenvalue weighted by Gasteiger charge is 2.35. The maximum atomic E-state index is 13.3. The summed E-state index contributed by atoms with van der Waals surface area (Å²) in [5.74, 6) is -1.53. The molecule has 0 spiro atoms. The number of phenolic OH excluding ortho intramolecular Hbond substituents is 1. The molecule has 0 fully saturated rings. The molecule has 0 aliphatic heterocycles. The van der Waals surface area contributed by atoms with Gasteiger partial charge in [-0.1, -0.05) is 23.4 Å². The lowest BCUT2D eigenvalue weighted by Gasteiger charge is -2.30. The van der Waals surface area contributed by atoms with Crippen molar-refractivity contribution in [1.82, 2.24) is 0 Å². The smallest absolute Gasteiger partial charge is 0.416 e. The first-order chi connectivity index (χ1) is 13.1. The number of nitroso groups, excluding NO2 is 1. The molecule has 28 heavy (non-hydrogen) atoms. The summed E-state index contributed by atoms with van der Waals surface area (Å²) in [5.41, 5.74) is -0.427. The Labute approximate surface area is 160 Å². The Morgan fingerprint density at radius 3 is 2.25 bits per heavy atom. The van der Waals surface area contributed by atoms with Gasteiger partial charge in [-0.05, 0) is 56.2 Å². The second-order valence-electron chi connectivity index (χ2n) is 6.69. The highest BCUT2D eigenvalue weighted by atomic mass is 19.4. The minimum Gasteiger partial charge on any atom is -0.508 e. The van der Waals surface area contributed by atoms with Gasteiger partial charge >= 0.3 is 6.18 Å². The Kier molecular flexibility index (Phi) is 6.77. The van der Waals surface area contributed by atoms with E-state index in [-0.39, 0.29) is 23.8 Å². The van der Waals surface area contributed by atoms with E-state index in [1.54, 1.807) is 13.8 Å². The molecule has 2 aromatic carbocycles. The first-order valence-corrected chi connectivity index (χ1v) is 8.71. The number of phenols is 1. The standard InChI is InChI=1S/C20H21F3N2O3/c1-13(2)25(16-7-9-17(26)10-8-16)19(27)15(12-24-28)11-14-5-3-4-6-18(14)20(21,22)23/h3-10,13,15,26H,11-12H2,1-2H3. The summed E-state index contributed by atoms with van der Waals surface area (Å²) in [5, 5.41) is 12.2. The molecule has 150 valence electrons. The fourth-order valence-electron chi connectivity index (χ4n) is 3.05. The molecule has 1 N–H and O–H groups in total. The number of amides is 1. The van der Waals surface area contributed by atoms with Crippen LogP contribution in [0, 0.1) is 10.8 Å². The van der Waals surface area contributed by atoms with Crippen molar-refractivity contribution < 1.29 is 23.1 Å². The van der Waals surface area contributed by atoms with E-state index in [0.29, 0.717) is 5.69 Å². The van der Waals surface area contributed by atoms with E-state index < -0.39 is 30.1 Å². The van der Waals surface area contributed by atoms with E-state index >= 15 is 0 Å². The highest BCUT2D eigenvalue weighted by Crippen LogP contribution is 2.33. The van der Waals surface area contributed by atoms with E-state index in [2.05, 4.69) is 5.18 Å². The number of alkyl halides is 3. The van der Waals surface area contributed by atoms with Gasteiger partial charge in [0.25, 0.3) is 0 Å². The van der Waals surface area contributed by atoms with Gasteiger partial charge in [-0.2, -0.15) is 18.1 Å². The van der Waals surface area contributed by atoms with Gasteiger partial charge < -0.3 is 10.0 Å². The number of benzene rings is 2. The fraction of sp³-hybridized carbons (Fsp3) is 0.350. The number of rotatable bonds is 7. The lowest BCUT2D eigenvalue weighted by Crippen LogP contribution is -2.43. The summed E-state index contributed by atoms with van der Waals surface area (Å²) in [6.07, 6.45) is -4.82. The zero-order valence-corrected chi connectivity index (χ0v) is 15.5. The van der Waals surface area contributed by atoms with Crippen LogP contribution in [-0.4, -0.2) is 23.6 Å². The Balaban J connectivity index is 2.38. The highest BCUT2D eigenvalue weighted by molar-refractivity contribution is 5.96. The van der Waals surface area contributed by atoms with Gasteiger partial charge in [-0.3, -0.25) is 4.79 Å². The van der Waals surface area contributed by atoms with E-state index in [1.807, 2.05) is 0 Å². The average Bonchev–Trinajstić information content (AvgIpc) is 2.62. The molecule has 2 rings (SSSR count). The molecule has 5 nitrogen and oxygen atoms in total. The molecule has 0 heterocycles. The molecule has 0 bridgehead atoms. The molecule has 0 saturated heterocycles. The molecular weight excluding hydrogens is 373 g/mol. The summed E-state index contributed by atoms with van der Waals surface area (Å²) in [6.45, 7) is 3.06. The van der Waals surface area contributed by atoms with E-state index in [1.165, 1.54) is 47.4 Å². The summed E-state index contributed by atoms with van der Waals surface area (Å²) < 4.78 is 39.8. The van der Waals surface area contributed by atoms with Crippen molar-refractivity contribution in [3.63, 3.8) is 0 Å². The van der Waals surface area contributed by atoms with Gasteiger partial charge in [0.15, 0.2) is 0 Å². The van der Waals surface area contributed by atoms with Crippen LogP contribution in [0.1, 0.15) is 25.0 Å². The molecule has 0 saturated carbocycles. The minimum atomic E-state index is -4.56. The zero-order chi connectivity index (χ0) is 20.9. The van der Waals surface area contributed by atoms with Crippen molar-refractivity contribution in [1.29, 1.82) is 0 Å². The van der Waals surface area contributed by atoms with Gasteiger partial charge in [-0.15, -0.1) is 0 Å². The molecule has 8 heteroatoms. The maximum Gasteiger partial charge on any atom is 0.416 e. The third kappa shape index (κ3) is 5.09.